The van der Waals surface area contributed by atoms with E-state index >= 15 is 0 Å². The number of rotatable bonds is 10. The van der Waals surface area contributed by atoms with E-state index in [0.717, 1.165) is 38.7 Å². The molecular weight excluding hydrogens is 413 g/mol. The van der Waals surface area contributed by atoms with Crippen LogP contribution in [-0.4, -0.2) is 74.7 Å². The summed E-state index contributed by atoms with van der Waals surface area (Å²) in [6.45, 7) is 20.3. The maximum atomic E-state index is 4.77. The summed E-state index contributed by atoms with van der Waals surface area (Å²) in [5.74, 6) is 0.923. The van der Waals surface area contributed by atoms with Crippen molar-refractivity contribution in [3.63, 3.8) is 0 Å². The van der Waals surface area contributed by atoms with Crippen LogP contribution in [0.3, 0.4) is 0 Å². The molecule has 5 nitrogen and oxygen atoms in total. The number of hydrogen-bond donors (Lipinski definition) is 2. The predicted octanol–water partition coefficient (Wildman–Crippen LogP) is 2.87. The Morgan fingerprint density at radius 1 is 1.04 bits per heavy atom. The standard InChI is InChI=1S/C18H41N5.HI/c1-10-19-17(21-13-18(6,7)14-22(8)9)20-11-12-23(15(2)3)16(4)5;/h15-16H,10-14H2,1-9H3,(H2,19,20,21);1H. The first-order valence-corrected chi connectivity index (χ1v) is 9.01. The van der Waals surface area contributed by atoms with Gasteiger partial charge in [-0.15, -0.1) is 24.0 Å². The maximum Gasteiger partial charge on any atom is 0.191 e. The molecule has 24 heavy (non-hydrogen) atoms. The normalized spacial score (nSPS) is 13.0. The molecule has 146 valence electrons. The second-order valence-corrected chi connectivity index (χ2v) is 7.95. The highest BCUT2D eigenvalue weighted by atomic mass is 127. The van der Waals surface area contributed by atoms with Gasteiger partial charge in [-0.1, -0.05) is 13.8 Å². The van der Waals surface area contributed by atoms with E-state index in [-0.39, 0.29) is 29.4 Å². The van der Waals surface area contributed by atoms with E-state index in [2.05, 4.69) is 83.0 Å². The van der Waals surface area contributed by atoms with E-state index in [1.807, 2.05) is 0 Å². The molecule has 0 fully saturated rings. The quantitative estimate of drug-likeness (QED) is 0.302. The molecule has 0 unspecified atom stereocenters. The maximum absolute atomic E-state index is 4.77. The van der Waals surface area contributed by atoms with Gasteiger partial charge in [-0.3, -0.25) is 9.89 Å². The fourth-order valence-electron chi connectivity index (χ4n) is 2.96. The summed E-state index contributed by atoms with van der Waals surface area (Å²) in [5.41, 5.74) is 0.174. The van der Waals surface area contributed by atoms with Crippen LogP contribution in [0.4, 0.5) is 0 Å². The van der Waals surface area contributed by atoms with Gasteiger partial charge < -0.3 is 15.5 Å². The lowest BCUT2D eigenvalue weighted by Crippen LogP contribution is -2.45. The van der Waals surface area contributed by atoms with E-state index in [1.54, 1.807) is 0 Å². The first kappa shape index (κ1) is 26.2. The highest BCUT2D eigenvalue weighted by Gasteiger charge is 2.19. The predicted molar refractivity (Wildman–Crippen MR) is 119 cm³/mol. The third-order valence-corrected chi connectivity index (χ3v) is 3.74. The topological polar surface area (TPSA) is 42.9 Å². The fraction of sp³-hybridized carbons (Fsp3) is 0.944. The number of nitrogens with one attached hydrogen (secondary N) is 2. The fourth-order valence-corrected chi connectivity index (χ4v) is 2.96. The Hall–Kier alpha value is -0.0800. The Balaban J connectivity index is 0. The van der Waals surface area contributed by atoms with Crippen LogP contribution in [0.25, 0.3) is 0 Å². The van der Waals surface area contributed by atoms with Crippen molar-refractivity contribution in [1.82, 2.24) is 20.4 Å². The Morgan fingerprint density at radius 2 is 1.58 bits per heavy atom. The summed E-state index contributed by atoms with van der Waals surface area (Å²) >= 11 is 0. The van der Waals surface area contributed by atoms with Crippen LogP contribution in [0.15, 0.2) is 4.99 Å². The number of aliphatic imine (C=N–C) groups is 1. The molecule has 0 aliphatic carbocycles. The van der Waals surface area contributed by atoms with Crippen LogP contribution in [-0.2, 0) is 0 Å². The minimum absolute atomic E-state index is 0. The van der Waals surface area contributed by atoms with Crippen LogP contribution in [0.2, 0.25) is 0 Å². The zero-order valence-electron chi connectivity index (χ0n) is 17.4. The van der Waals surface area contributed by atoms with E-state index in [4.69, 9.17) is 4.99 Å². The zero-order chi connectivity index (χ0) is 18.0. The van der Waals surface area contributed by atoms with Gasteiger partial charge in [0.2, 0.25) is 0 Å². The van der Waals surface area contributed by atoms with E-state index < -0.39 is 0 Å². The molecule has 0 rings (SSSR count). The highest BCUT2D eigenvalue weighted by molar-refractivity contribution is 14.0. The monoisotopic (exact) mass is 455 g/mol. The molecular formula is C18H42IN5. The molecule has 0 heterocycles. The molecule has 0 aliphatic heterocycles. The molecule has 0 aliphatic rings. The van der Waals surface area contributed by atoms with Crippen molar-refractivity contribution in [2.24, 2.45) is 10.4 Å². The Labute approximate surface area is 168 Å². The third kappa shape index (κ3) is 12.3. The Morgan fingerprint density at radius 3 is 2.00 bits per heavy atom. The van der Waals surface area contributed by atoms with Crippen LogP contribution in [0.1, 0.15) is 48.5 Å². The van der Waals surface area contributed by atoms with Crippen molar-refractivity contribution < 1.29 is 0 Å². The summed E-state index contributed by atoms with van der Waals surface area (Å²) in [4.78, 5) is 9.49. The largest absolute Gasteiger partial charge is 0.357 e. The van der Waals surface area contributed by atoms with Crippen molar-refractivity contribution in [3.05, 3.63) is 0 Å². The lowest BCUT2D eigenvalue weighted by Gasteiger charge is -2.31. The van der Waals surface area contributed by atoms with Gasteiger partial charge in [0, 0.05) is 44.8 Å². The molecule has 0 radical (unpaired) electrons. The molecule has 0 amide bonds. The average Bonchev–Trinajstić information content (AvgIpc) is 2.38. The van der Waals surface area contributed by atoms with Gasteiger partial charge in [0.1, 0.15) is 0 Å². The first-order valence-electron chi connectivity index (χ1n) is 9.01. The number of nitrogens with zero attached hydrogens (tertiary/aromatic N) is 3. The van der Waals surface area contributed by atoms with E-state index in [0.29, 0.717) is 12.1 Å². The van der Waals surface area contributed by atoms with Crippen LogP contribution in [0.5, 0.6) is 0 Å². The summed E-state index contributed by atoms with van der Waals surface area (Å²) in [7, 11) is 4.22. The van der Waals surface area contributed by atoms with Gasteiger partial charge in [0.05, 0.1) is 0 Å². The molecule has 0 aromatic carbocycles. The van der Waals surface area contributed by atoms with Crippen LogP contribution < -0.4 is 10.6 Å². The van der Waals surface area contributed by atoms with Gasteiger partial charge in [0.15, 0.2) is 5.96 Å². The molecule has 0 saturated heterocycles. The van der Waals surface area contributed by atoms with Crippen molar-refractivity contribution in [1.29, 1.82) is 0 Å². The SMILES string of the molecule is CCNC(=NCC(C)(C)CN(C)C)NCCN(C(C)C)C(C)C.I. The van der Waals surface area contributed by atoms with Gasteiger partial charge in [-0.2, -0.15) is 0 Å². The van der Waals surface area contributed by atoms with Crippen LogP contribution >= 0.6 is 24.0 Å². The smallest absolute Gasteiger partial charge is 0.191 e. The van der Waals surface area contributed by atoms with Gasteiger partial charge >= 0.3 is 0 Å². The second kappa shape index (κ2) is 13.2. The average molecular weight is 455 g/mol. The molecule has 6 heteroatoms. The van der Waals surface area contributed by atoms with E-state index in [9.17, 15) is 0 Å². The summed E-state index contributed by atoms with van der Waals surface area (Å²) < 4.78 is 0. The van der Waals surface area contributed by atoms with Crippen molar-refractivity contribution in [2.75, 3.05) is 46.8 Å². The molecule has 0 bridgehead atoms. The molecule has 0 spiro atoms. The van der Waals surface area contributed by atoms with Gasteiger partial charge in [-0.05, 0) is 54.1 Å². The molecule has 0 aromatic rings. The second-order valence-electron chi connectivity index (χ2n) is 7.95. The Kier molecular flexibility index (Phi) is 14.3. The van der Waals surface area contributed by atoms with Crippen molar-refractivity contribution in [2.45, 2.75) is 60.5 Å². The van der Waals surface area contributed by atoms with Gasteiger partial charge in [-0.25, -0.2) is 0 Å². The molecule has 2 N–H and O–H groups in total. The molecule has 0 atom stereocenters. The molecule has 0 saturated carbocycles. The van der Waals surface area contributed by atoms with Crippen molar-refractivity contribution >= 4 is 29.9 Å². The number of guanidine groups is 1. The van der Waals surface area contributed by atoms with E-state index in [1.165, 1.54) is 0 Å². The minimum atomic E-state index is 0. The number of hydrogen-bond acceptors (Lipinski definition) is 3. The summed E-state index contributed by atoms with van der Waals surface area (Å²) in [6, 6.07) is 1.13. The number of halogens is 1. The lowest BCUT2D eigenvalue weighted by atomic mass is 9.93. The Bertz CT molecular complexity index is 332. The summed E-state index contributed by atoms with van der Waals surface area (Å²) in [6.07, 6.45) is 0. The van der Waals surface area contributed by atoms with Crippen molar-refractivity contribution in [3.8, 4) is 0 Å². The van der Waals surface area contributed by atoms with Gasteiger partial charge in [0.25, 0.3) is 0 Å². The summed E-state index contributed by atoms with van der Waals surface area (Å²) in [5, 5.41) is 6.82. The highest BCUT2D eigenvalue weighted by Crippen LogP contribution is 2.15. The first-order chi connectivity index (χ1) is 10.6. The third-order valence-electron chi connectivity index (χ3n) is 3.74. The lowest BCUT2D eigenvalue weighted by molar-refractivity contribution is 0.178. The molecule has 0 aromatic heterocycles. The zero-order valence-corrected chi connectivity index (χ0v) is 19.8. The van der Waals surface area contributed by atoms with Crippen LogP contribution in [0, 0.1) is 5.41 Å². The minimum Gasteiger partial charge on any atom is -0.357 e.